The van der Waals surface area contributed by atoms with E-state index in [-0.39, 0.29) is 0 Å². The van der Waals surface area contributed by atoms with Crippen LogP contribution in [0.5, 0.6) is 0 Å². The van der Waals surface area contributed by atoms with E-state index in [4.69, 9.17) is 11.6 Å². The van der Waals surface area contributed by atoms with Gasteiger partial charge < -0.3 is 15.5 Å². The molecule has 22 heavy (non-hydrogen) atoms. The summed E-state index contributed by atoms with van der Waals surface area (Å²) in [6.07, 6.45) is 1.27. The molecule has 1 aromatic rings. The van der Waals surface area contributed by atoms with Gasteiger partial charge in [-0.1, -0.05) is 11.6 Å². The van der Waals surface area contributed by atoms with E-state index in [0.717, 1.165) is 35.7 Å². The molecule has 122 valence electrons. The lowest BCUT2D eigenvalue weighted by Crippen LogP contribution is -2.41. The van der Waals surface area contributed by atoms with Gasteiger partial charge in [-0.15, -0.1) is 11.8 Å². The average molecular weight is 341 g/mol. The van der Waals surface area contributed by atoms with Gasteiger partial charge in [-0.3, -0.25) is 4.99 Å². The summed E-state index contributed by atoms with van der Waals surface area (Å²) in [7, 11) is 4.00. The fourth-order valence-corrected chi connectivity index (χ4v) is 3.42. The number of hydrogen-bond acceptors (Lipinski definition) is 3. The third-order valence-corrected chi connectivity index (χ3v) is 5.01. The van der Waals surface area contributed by atoms with Crippen molar-refractivity contribution in [2.45, 2.75) is 11.3 Å². The Morgan fingerprint density at radius 3 is 2.77 bits per heavy atom. The zero-order chi connectivity index (χ0) is 15.8. The van der Waals surface area contributed by atoms with Gasteiger partial charge >= 0.3 is 0 Å². The fraction of sp³-hybridized carbons (Fsp3) is 0.562. The van der Waals surface area contributed by atoms with Gasteiger partial charge in [0.25, 0.3) is 0 Å². The summed E-state index contributed by atoms with van der Waals surface area (Å²) in [5.41, 5.74) is 0. The molecular formula is C16H25ClN4S. The lowest BCUT2D eigenvalue weighted by Gasteiger charge is -2.15. The number of rotatable bonds is 6. The van der Waals surface area contributed by atoms with Crippen LogP contribution in [-0.2, 0) is 0 Å². The standard InChI is InChI=1S/C16H25ClN4S/c1-18-16(20-11-13-7-9-21(2)12-13)19-8-10-22-15-5-3-14(17)4-6-15/h3-6,13H,7-12H2,1-2H3,(H2,18,19,20). The molecule has 6 heteroatoms. The van der Waals surface area contributed by atoms with Crippen molar-refractivity contribution in [3.05, 3.63) is 29.3 Å². The first kappa shape index (κ1) is 17.4. The lowest BCUT2D eigenvalue weighted by molar-refractivity contribution is 0.394. The van der Waals surface area contributed by atoms with Crippen LogP contribution in [0.25, 0.3) is 0 Å². The van der Waals surface area contributed by atoms with Gasteiger partial charge in [0.2, 0.25) is 0 Å². The molecule has 0 aromatic heterocycles. The quantitative estimate of drug-likeness (QED) is 0.361. The summed E-state index contributed by atoms with van der Waals surface area (Å²) in [5, 5.41) is 7.57. The van der Waals surface area contributed by atoms with Gasteiger partial charge in [0.15, 0.2) is 5.96 Å². The molecule has 1 saturated heterocycles. The summed E-state index contributed by atoms with van der Waals surface area (Å²) in [6, 6.07) is 7.96. The van der Waals surface area contributed by atoms with Crippen LogP contribution in [0.4, 0.5) is 0 Å². The van der Waals surface area contributed by atoms with E-state index < -0.39 is 0 Å². The Morgan fingerprint density at radius 2 is 2.14 bits per heavy atom. The van der Waals surface area contributed by atoms with Gasteiger partial charge in [-0.2, -0.15) is 0 Å². The monoisotopic (exact) mass is 340 g/mol. The van der Waals surface area contributed by atoms with Gasteiger partial charge in [-0.25, -0.2) is 0 Å². The van der Waals surface area contributed by atoms with Crippen molar-refractivity contribution in [3.8, 4) is 0 Å². The number of guanidine groups is 1. The van der Waals surface area contributed by atoms with Crippen LogP contribution >= 0.6 is 23.4 Å². The third-order valence-electron chi connectivity index (χ3n) is 3.75. The second kappa shape index (κ2) is 9.28. The topological polar surface area (TPSA) is 39.7 Å². The zero-order valence-corrected chi connectivity index (χ0v) is 14.9. The van der Waals surface area contributed by atoms with Crippen molar-refractivity contribution < 1.29 is 0 Å². The second-order valence-corrected chi connectivity index (χ2v) is 7.20. The lowest BCUT2D eigenvalue weighted by atomic mass is 10.1. The van der Waals surface area contributed by atoms with Crippen LogP contribution in [0.3, 0.4) is 0 Å². The molecule has 0 aliphatic carbocycles. The second-order valence-electron chi connectivity index (χ2n) is 5.60. The van der Waals surface area contributed by atoms with Crippen LogP contribution in [-0.4, -0.2) is 56.9 Å². The molecule has 2 rings (SSSR count). The number of benzene rings is 1. The molecule has 0 amide bonds. The SMILES string of the molecule is CN=C(NCCSc1ccc(Cl)cc1)NCC1CCN(C)C1. The van der Waals surface area contributed by atoms with Crippen molar-refractivity contribution in [3.63, 3.8) is 0 Å². The van der Waals surface area contributed by atoms with Crippen LogP contribution in [0.2, 0.25) is 5.02 Å². The molecule has 1 fully saturated rings. The van der Waals surface area contributed by atoms with Gasteiger partial charge in [0, 0.05) is 42.4 Å². The molecular weight excluding hydrogens is 316 g/mol. The molecule has 0 saturated carbocycles. The van der Waals surface area contributed by atoms with Crippen molar-refractivity contribution in [1.82, 2.24) is 15.5 Å². The largest absolute Gasteiger partial charge is 0.356 e. The first-order chi connectivity index (χ1) is 10.7. The molecule has 1 unspecified atom stereocenters. The van der Waals surface area contributed by atoms with E-state index in [1.54, 1.807) is 0 Å². The maximum atomic E-state index is 5.88. The summed E-state index contributed by atoms with van der Waals surface area (Å²) < 4.78 is 0. The Hall–Kier alpha value is -0.910. The van der Waals surface area contributed by atoms with E-state index in [0.29, 0.717) is 0 Å². The Bertz CT molecular complexity index is 478. The fourth-order valence-electron chi connectivity index (χ4n) is 2.52. The number of halogens is 1. The molecule has 1 heterocycles. The predicted octanol–water partition coefficient (Wildman–Crippen LogP) is 2.55. The maximum Gasteiger partial charge on any atom is 0.191 e. The number of thioether (sulfide) groups is 1. The Balaban J connectivity index is 1.61. The highest BCUT2D eigenvalue weighted by Crippen LogP contribution is 2.19. The normalized spacial score (nSPS) is 19.4. The molecule has 4 nitrogen and oxygen atoms in total. The van der Waals surface area contributed by atoms with E-state index in [1.807, 2.05) is 30.9 Å². The highest BCUT2D eigenvalue weighted by Gasteiger charge is 2.19. The summed E-state index contributed by atoms with van der Waals surface area (Å²) >= 11 is 7.70. The van der Waals surface area contributed by atoms with Crippen LogP contribution in [0.1, 0.15) is 6.42 Å². The van der Waals surface area contributed by atoms with E-state index >= 15 is 0 Å². The summed E-state index contributed by atoms with van der Waals surface area (Å²) in [4.78, 5) is 7.90. The van der Waals surface area contributed by atoms with Crippen molar-refractivity contribution in [1.29, 1.82) is 0 Å². The zero-order valence-electron chi connectivity index (χ0n) is 13.3. The number of hydrogen-bond donors (Lipinski definition) is 2. The van der Waals surface area contributed by atoms with E-state index in [2.05, 4.69) is 39.7 Å². The molecule has 0 spiro atoms. The van der Waals surface area contributed by atoms with Crippen molar-refractivity contribution in [2.75, 3.05) is 46.0 Å². The average Bonchev–Trinajstić information content (AvgIpc) is 2.94. The number of nitrogens with one attached hydrogen (secondary N) is 2. The minimum atomic E-state index is 0.729. The number of likely N-dealkylation sites (tertiary alicyclic amines) is 1. The Labute approximate surface area is 142 Å². The Morgan fingerprint density at radius 1 is 1.36 bits per heavy atom. The highest BCUT2D eigenvalue weighted by atomic mass is 35.5. The van der Waals surface area contributed by atoms with Crippen LogP contribution in [0, 0.1) is 5.92 Å². The van der Waals surface area contributed by atoms with Crippen LogP contribution < -0.4 is 10.6 Å². The molecule has 2 N–H and O–H groups in total. The summed E-state index contributed by atoms with van der Waals surface area (Å²) in [5.74, 6) is 2.62. The van der Waals surface area contributed by atoms with E-state index in [1.165, 1.54) is 24.4 Å². The van der Waals surface area contributed by atoms with Gasteiger partial charge in [0.1, 0.15) is 0 Å². The molecule has 0 bridgehead atoms. The molecule has 1 atom stereocenters. The Kier molecular flexibility index (Phi) is 7.36. The van der Waals surface area contributed by atoms with Crippen molar-refractivity contribution in [2.24, 2.45) is 10.9 Å². The predicted molar refractivity (Wildman–Crippen MR) is 97.1 cm³/mol. The molecule has 1 aliphatic rings. The summed E-state index contributed by atoms with van der Waals surface area (Å²) in [6.45, 7) is 4.26. The number of nitrogens with zero attached hydrogens (tertiary/aromatic N) is 2. The first-order valence-corrected chi connectivity index (χ1v) is 9.05. The van der Waals surface area contributed by atoms with Crippen molar-refractivity contribution >= 4 is 29.3 Å². The van der Waals surface area contributed by atoms with E-state index in [9.17, 15) is 0 Å². The minimum absolute atomic E-state index is 0.729. The highest BCUT2D eigenvalue weighted by molar-refractivity contribution is 7.99. The van der Waals surface area contributed by atoms with Gasteiger partial charge in [0.05, 0.1) is 0 Å². The maximum absolute atomic E-state index is 5.88. The van der Waals surface area contributed by atoms with Gasteiger partial charge in [-0.05, 0) is 50.2 Å². The number of aliphatic imine (C=N–C) groups is 1. The molecule has 1 aliphatic heterocycles. The molecule has 1 aromatic carbocycles. The minimum Gasteiger partial charge on any atom is -0.356 e. The molecule has 0 radical (unpaired) electrons. The third kappa shape index (κ3) is 6.07. The van der Waals surface area contributed by atoms with Crippen LogP contribution in [0.15, 0.2) is 34.2 Å². The smallest absolute Gasteiger partial charge is 0.191 e. The first-order valence-electron chi connectivity index (χ1n) is 7.69.